The molecule has 1 unspecified atom stereocenters. The highest BCUT2D eigenvalue weighted by atomic mass is 16.5. The number of para-hydroxylation sites is 1. The van der Waals surface area contributed by atoms with Crippen molar-refractivity contribution in [2.24, 2.45) is 0 Å². The largest absolute Gasteiger partial charge is 0.497 e. The van der Waals surface area contributed by atoms with Crippen LogP contribution < -0.4 is 14.8 Å². The van der Waals surface area contributed by atoms with Crippen LogP contribution in [0, 0.1) is 0 Å². The van der Waals surface area contributed by atoms with Crippen LogP contribution in [0.1, 0.15) is 36.8 Å². The van der Waals surface area contributed by atoms with Crippen molar-refractivity contribution < 1.29 is 14.3 Å². The molecular weight excluding hydrogens is 354 g/mol. The highest BCUT2D eigenvalue weighted by Crippen LogP contribution is 2.41. The molecule has 1 aliphatic heterocycles. The molecule has 0 bridgehead atoms. The number of aromatic nitrogens is 2. The van der Waals surface area contributed by atoms with E-state index in [0.717, 1.165) is 34.7 Å². The molecule has 4 rings (SSSR count). The third-order valence-corrected chi connectivity index (χ3v) is 4.89. The van der Waals surface area contributed by atoms with Gasteiger partial charge in [-0.1, -0.05) is 25.1 Å². The van der Waals surface area contributed by atoms with Crippen LogP contribution in [0.25, 0.3) is 5.69 Å². The Balaban J connectivity index is 1.75. The van der Waals surface area contributed by atoms with Gasteiger partial charge in [-0.2, -0.15) is 5.10 Å². The number of carbonyl (C=O) groups is 1. The fourth-order valence-electron chi connectivity index (χ4n) is 3.53. The minimum atomic E-state index is -0.0937. The molecule has 6 nitrogen and oxygen atoms in total. The lowest BCUT2D eigenvalue weighted by Gasteiger charge is -2.25. The van der Waals surface area contributed by atoms with Crippen molar-refractivity contribution >= 4 is 11.7 Å². The van der Waals surface area contributed by atoms with Gasteiger partial charge in [-0.15, -0.1) is 0 Å². The topological polar surface area (TPSA) is 65.4 Å². The van der Waals surface area contributed by atoms with Crippen molar-refractivity contribution in [3.63, 3.8) is 0 Å². The van der Waals surface area contributed by atoms with E-state index in [2.05, 4.69) is 17.3 Å². The van der Waals surface area contributed by atoms with E-state index in [1.54, 1.807) is 11.8 Å². The molecule has 144 valence electrons. The third-order valence-electron chi connectivity index (χ3n) is 4.89. The summed E-state index contributed by atoms with van der Waals surface area (Å²) >= 11 is 0. The summed E-state index contributed by atoms with van der Waals surface area (Å²) in [4.78, 5) is 12.5. The Hall–Kier alpha value is -3.28. The summed E-state index contributed by atoms with van der Waals surface area (Å²) in [6.45, 7) is 2.72. The fraction of sp³-hybridized carbons (Fsp3) is 0.273. The van der Waals surface area contributed by atoms with Gasteiger partial charge < -0.3 is 14.8 Å². The molecular formula is C22H23N3O3. The Bertz CT molecular complexity index is 979. The van der Waals surface area contributed by atoms with Gasteiger partial charge in [0, 0.05) is 23.5 Å². The van der Waals surface area contributed by atoms with E-state index in [0.29, 0.717) is 18.8 Å². The Kier molecular flexibility index (Phi) is 5.02. The molecule has 1 amide bonds. The van der Waals surface area contributed by atoms with Gasteiger partial charge in [-0.05, 0) is 36.8 Å². The summed E-state index contributed by atoms with van der Waals surface area (Å²) in [5, 5.41) is 7.53. The molecule has 1 aliphatic rings. The van der Waals surface area contributed by atoms with Gasteiger partial charge in [0.1, 0.15) is 17.3 Å². The van der Waals surface area contributed by atoms with Gasteiger partial charge in [-0.25, -0.2) is 4.68 Å². The Labute approximate surface area is 164 Å². The van der Waals surface area contributed by atoms with Gasteiger partial charge in [0.05, 0.1) is 25.6 Å². The summed E-state index contributed by atoms with van der Waals surface area (Å²) in [7, 11) is 1.63. The van der Waals surface area contributed by atoms with Crippen LogP contribution in [0.15, 0.2) is 54.7 Å². The second-order valence-electron chi connectivity index (χ2n) is 6.75. The molecule has 0 saturated carbocycles. The third kappa shape index (κ3) is 3.33. The number of ether oxygens (including phenoxy) is 2. The number of fused-ring (bicyclic) bond motifs is 1. The maximum absolute atomic E-state index is 12.5. The lowest BCUT2D eigenvalue weighted by molar-refractivity contribution is -0.116. The molecule has 3 aromatic rings. The van der Waals surface area contributed by atoms with E-state index >= 15 is 0 Å². The highest BCUT2D eigenvalue weighted by molar-refractivity contribution is 5.94. The molecule has 0 radical (unpaired) electrons. The Morgan fingerprint density at radius 2 is 1.93 bits per heavy atom. The molecule has 0 fully saturated rings. The summed E-state index contributed by atoms with van der Waals surface area (Å²) in [6, 6.07) is 15.5. The number of rotatable bonds is 6. The molecule has 0 spiro atoms. The number of amides is 1. The zero-order chi connectivity index (χ0) is 19.5. The van der Waals surface area contributed by atoms with E-state index in [1.807, 2.05) is 54.7 Å². The normalized spacial score (nSPS) is 15.6. The molecule has 6 heteroatoms. The van der Waals surface area contributed by atoms with Gasteiger partial charge in [-0.3, -0.25) is 4.79 Å². The lowest BCUT2D eigenvalue weighted by atomic mass is 9.87. The van der Waals surface area contributed by atoms with Crippen molar-refractivity contribution in [3.05, 3.63) is 65.9 Å². The standard InChI is InChI=1S/C22H23N3O3/c1-3-12-28-20-7-5-4-6-17(20)18-13-21(26)24-22-19(18)14-23-25(22)15-8-10-16(27-2)11-9-15/h4-11,14,18H,3,12-13H2,1-2H3,(H,24,26). The van der Waals surface area contributed by atoms with E-state index in [9.17, 15) is 4.79 Å². The number of carbonyl (C=O) groups excluding carboxylic acids is 1. The number of nitrogens with one attached hydrogen (secondary N) is 1. The summed E-state index contributed by atoms with van der Waals surface area (Å²) < 4.78 is 12.9. The second kappa shape index (κ2) is 7.76. The van der Waals surface area contributed by atoms with Crippen molar-refractivity contribution in [3.8, 4) is 17.2 Å². The van der Waals surface area contributed by atoms with Crippen LogP contribution in [0.4, 0.5) is 5.82 Å². The maximum Gasteiger partial charge on any atom is 0.226 e. The molecule has 28 heavy (non-hydrogen) atoms. The maximum atomic E-state index is 12.5. The second-order valence-corrected chi connectivity index (χ2v) is 6.75. The SMILES string of the molecule is CCCOc1ccccc1C1CC(=O)Nc2c1cnn2-c1ccc(OC)cc1. The number of hydrogen-bond donors (Lipinski definition) is 1. The van der Waals surface area contributed by atoms with Gasteiger partial charge in [0.2, 0.25) is 5.91 Å². The monoisotopic (exact) mass is 377 g/mol. The first-order valence-electron chi connectivity index (χ1n) is 9.45. The average molecular weight is 377 g/mol. The lowest BCUT2D eigenvalue weighted by Crippen LogP contribution is -2.25. The van der Waals surface area contributed by atoms with Crippen molar-refractivity contribution in [1.29, 1.82) is 0 Å². The molecule has 2 aromatic carbocycles. The first-order valence-corrected chi connectivity index (χ1v) is 9.45. The number of methoxy groups -OCH3 is 1. The van der Waals surface area contributed by atoms with Crippen LogP contribution in [0.2, 0.25) is 0 Å². The van der Waals surface area contributed by atoms with E-state index < -0.39 is 0 Å². The first kappa shape index (κ1) is 18.1. The van der Waals surface area contributed by atoms with Crippen molar-refractivity contribution in [2.75, 3.05) is 19.0 Å². The minimum Gasteiger partial charge on any atom is -0.497 e. The zero-order valence-corrected chi connectivity index (χ0v) is 16.0. The smallest absolute Gasteiger partial charge is 0.226 e. The quantitative estimate of drug-likeness (QED) is 0.701. The number of anilines is 1. The van der Waals surface area contributed by atoms with E-state index in [-0.39, 0.29) is 11.8 Å². The van der Waals surface area contributed by atoms with Crippen LogP contribution in [0.5, 0.6) is 11.5 Å². The molecule has 0 aliphatic carbocycles. The number of nitrogens with zero attached hydrogens (tertiary/aromatic N) is 2. The molecule has 1 atom stereocenters. The van der Waals surface area contributed by atoms with Gasteiger partial charge >= 0.3 is 0 Å². The summed E-state index contributed by atoms with van der Waals surface area (Å²) in [5.41, 5.74) is 2.86. The highest BCUT2D eigenvalue weighted by Gasteiger charge is 2.32. The van der Waals surface area contributed by atoms with Crippen LogP contribution >= 0.6 is 0 Å². The van der Waals surface area contributed by atoms with Crippen LogP contribution in [-0.2, 0) is 4.79 Å². The Morgan fingerprint density at radius 1 is 1.14 bits per heavy atom. The zero-order valence-electron chi connectivity index (χ0n) is 16.0. The fourth-order valence-corrected chi connectivity index (χ4v) is 3.53. The van der Waals surface area contributed by atoms with Crippen LogP contribution in [-0.4, -0.2) is 29.4 Å². The van der Waals surface area contributed by atoms with Crippen molar-refractivity contribution in [2.45, 2.75) is 25.7 Å². The van der Waals surface area contributed by atoms with Crippen LogP contribution in [0.3, 0.4) is 0 Å². The average Bonchev–Trinajstić information content (AvgIpc) is 3.15. The van der Waals surface area contributed by atoms with E-state index in [4.69, 9.17) is 9.47 Å². The minimum absolute atomic E-state index is 0.0296. The van der Waals surface area contributed by atoms with Gasteiger partial charge in [0.15, 0.2) is 0 Å². The molecule has 1 aromatic heterocycles. The number of hydrogen-bond acceptors (Lipinski definition) is 4. The van der Waals surface area contributed by atoms with E-state index in [1.165, 1.54) is 0 Å². The predicted molar refractivity (Wildman–Crippen MR) is 107 cm³/mol. The molecule has 0 saturated heterocycles. The Morgan fingerprint density at radius 3 is 2.68 bits per heavy atom. The molecule has 1 N–H and O–H groups in total. The number of benzene rings is 2. The van der Waals surface area contributed by atoms with Gasteiger partial charge in [0.25, 0.3) is 0 Å². The summed E-state index contributed by atoms with van der Waals surface area (Å²) in [6.07, 6.45) is 3.13. The first-order chi connectivity index (χ1) is 13.7. The molecule has 2 heterocycles. The summed E-state index contributed by atoms with van der Waals surface area (Å²) in [5.74, 6) is 2.18. The predicted octanol–water partition coefficient (Wildman–Crippen LogP) is 4.14. The van der Waals surface area contributed by atoms with Crippen molar-refractivity contribution in [1.82, 2.24) is 9.78 Å².